The lowest BCUT2D eigenvalue weighted by Gasteiger charge is -2.20. The Labute approximate surface area is 137 Å². The lowest BCUT2D eigenvalue weighted by atomic mass is 10.0. The molecule has 0 aliphatic carbocycles. The summed E-state index contributed by atoms with van der Waals surface area (Å²) in [6, 6.07) is 17.3. The number of rotatable bonds is 7. The minimum Gasteiger partial charge on any atom is -0.492 e. The van der Waals surface area contributed by atoms with Crippen molar-refractivity contribution in [1.29, 1.82) is 0 Å². The highest BCUT2D eigenvalue weighted by atomic mass is 16.5. The molecule has 0 aliphatic rings. The molecule has 0 saturated heterocycles. The van der Waals surface area contributed by atoms with E-state index in [4.69, 9.17) is 10.5 Å². The zero-order chi connectivity index (χ0) is 16.7. The Morgan fingerprint density at radius 2 is 1.78 bits per heavy atom. The number of nitrogens with zero attached hydrogens (tertiary/aromatic N) is 1. The van der Waals surface area contributed by atoms with E-state index in [-0.39, 0.29) is 11.9 Å². The molecule has 2 aromatic rings. The number of benzene rings is 2. The first-order valence-corrected chi connectivity index (χ1v) is 7.80. The molecule has 0 radical (unpaired) electrons. The normalized spacial score (nSPS) is 11.8. The van der Waals surface area contributed by atoms with Crippen LogP contribution in [0.2, 0.25) is 0 Å². The van der Waals surface area contributed by atoms with E-state index in [1.807, 2.05) is 61.5 Å². The zero-order valence-electron chi connectivity index (χ0n) is 13.7. The second-order valence-electron chi connectivity index (χ2n) is 5.70. The molecule has 23 heavy (non-hydrogen) atoms. The van der Waals surface area contributed by atoms with E-state index in [0.717, 1.165) is 11.3 Å². The van der Waals surface area contributed by atoms with Crippen molar-refractivity contribution < 1.29 is 9.53 Å². The van der Waals surface area contributed by atoms with E-state index in [9.17, 15) is 4.79 Å². The van der Waals surface area contributed by atoms with Gasteiger partial charge in [0.2, 0.25) is 5.91 Å². The maximum absolute atomic E-state index is 12.2. The van der Waals surface area contributed by atoms with Crippen LogP contribution >= 0.6 is 0 Å². The van der Waals surface area contributed by atoms with Crippen LogP contribution in [-0.4, -0.2) is 31.0 Å². The van der Waals surface area contributed by atoms with Crippen LogP contribution < -0.4 is 10.5 Å². The van der Waals surface area contributed by atoms with E-state index in [0.29, 0.717) is 19.6 Å². The van der Waals surface area contributed by atoms with Gasteiger partial charge in [0.15, 0.2) is 0 Å². The minimum absolute atomic E-state index is 0.0221. The lowest BCUT2D eigenvalue weighted by molar-refractivity contribution is -0.130. The first-order valence-electron chi connectivity index (χ1n) is 7.80. The van der Waals surface area contributed by atoms with Gasteiger partial charge in [-0.05, 0) is 24.6 Å². The molecule has 0 aliphatic heterocycles. The van der Waals surface area contributed by atoms with Gasteiger partial charge in [0, 0.05) is 19.5 Å². The van der Waals surface area contributed by atoms with Gasteiger partial charge in [-0.1, -0.05) is 48.0 Å². The minimum atomic E-state index is -0.274. The monoisotopic (exact) mass is 312 g/mol. The maximum atomic E-state index is 12.2. The van der Waals surface area contributed by atoms with Crippen molar-refractivity contribution in [3.8, 4) is 5.75 Å². The van der Waals surface area contributed by atoms with Crippen LogP contribution in [0.5, 0.6) is 5.75 Å². The van der Waals surface area contributed by atoms with Crippen molar-refractivity contribution in [2.45, 2.75) is 19.4 Å². The molecular weight excluding hydrogens is 288 g/mol. The van der Waals surface area contributed by atoms with Crippen molar-refractivity contribution in [2.75, 3.05) is 20.2 Å². The molecule has 1 amide bonds. The molecule has 0 saturated carbocycles. The molecule has 0 aromatic heterocycles. The molecule has 2 N–H and O–H groups in total. The van der Waals surface area contributed by atoms with Gasteiger partial charge in [-0.15, -0.1) is 0 Å². The topological polar surface area (TPSA) is 55.6 Å². The van der Waals surface area contributed by atoms with Crippen molar-refractivity contribution in [2.24, 2.45) is 5.73 Å². The third-order valence-electron chi connectivity index (χ3n) is 3.76. The fourth-order valence-electron chi connectivity index (χ4n) is 2.22. The number of hydrogen-bond acceptors (Lipinski definition) is 3. The fraction of sp³-hybridized carbons (Fsp3) is 0.316. The van der Waals surface area contributed by atoms with E-state index >= 15 is 0 Å². The SMILES string of the molecule is Cc1ccc(OCCN(C)C(=O)CC(N)c2ccccc2)cc1. The van der Waals surface area contributed by atoms with Gasteiger partial charge in [0.05, 0.1) is 6.54 Å². The Hall–Kier alpha value is -2.33. The van der Waals surface area contributed by atoms with E-state index in [2.05, 4.69) is 0 Å². The van der Waals surface area contributed by atoms with Crippen LogP contribution in [0.4, 0.5) is 0 Å². The Kier molecular flexibility index (Phi) is 6.18. The van der Waals surface area contributed by atoms with Crippen molar-refractivity contribution in [3.63, 3.8) is 0 Å². The van der Waals surface area contributed by atoms with Crippen molar-refractivity contribution in [1.82, 2.24) is 4.90 Å². The number of carbonyl (C=O) groups excluding carboxylic acids is 1. The van der Waals surface area contributed by atoms with Crippen LogP contribution in [0.15, 0.2) is 54.6 Å². The third-order valence-corrected chi connectivity index (χ3v) is 3.76. The number of likely N-dealkylation sites (N-methyl/N-ethyl adjacent to an activating group) is 1. The van der Waals surface area contributed by atoms with Crippen LogP contribution in [-0.2, 0) is 4.79 Å². The standard InChI is InChI=1S/C19H24N2O2/c1-15-8-10-17(11-9-15)23-13-12-21(2)19(22)14-18(20)16-6-4-3-5-7-16/h3-11,18H,12-14,20H2,1-2H3. The number of carbonyl (C=O) groups is 1. The lowest BCUT2D eigenvalue weighted by Crippen LogP contribution is -2.33. The van der Waals surface area contributed by atoms with Crippen LogP contribution in [0.3, 0.4) is 0 Å². The largest absolute Gasteiger partial charge is 0.492 e. The predicted molar refractivity (Wildman–Crippen MR) is 92.3 cm³/mol. The summed E-state index contributed by atoms with van der Waals surface area (Å²) in [5.74, 6) is 0.839. The molecule has 1 atom stereocenters. The van der Waals surface area contributed by atoms with Gasteiger partial charge >= 0.3 is 0 Å². The maximum Gasteiger partial charge on any atom is 0.224 e. The molecule has 4 nitrogen and oxygen atoms in total. The molecule has 0 bridgehead atoms. The molecule has 1 unspecified atom stereocenters. The van der Waals surface area contributed by atoms with E-state index in [1.54, 1.807) is 11.9 Å². The van der Waals surface area contributed by atoms with Crippen LogP contribution in [0, 0.1) is 6.92 Å². The quantitative estimate of drug-likeness (QED) is 0.855. The molecule has 0 heterocycles. The zero-order valence-corrected chi connectivity index (χ0v) is 13.7. The molecule has 2 aromatic carbocycles. The van der Waals surface area contributed by atoms with Gasteiger partial charge in [-0.3, -0.25) is 4.79 Å². The third kappa shape index (κ3) is 5.42. The van der Waals surface area contributed by atoms with Gasteiger partial charge in [-0.2, -0.15) is 0 Å². The highest BCUT2D eigenvalue weighted by Gasteiger charge is 2.15. The molecular formula is C19H24N2O2. The van der Waals surface area contributed by atoms with Crippen molar-refractivity contribution in [3.05, 3.63) is 65.7 Å². The number of amides is 1. The summed E-state index contributed by atoms with van der Waals surface area (Å²) in [6.07, 6.45) is 0.297. The summed E-state index contributed by atoms with van der Waals surface area (Å²) >= 11 is 0. The number of nitrogens with two attached hydrogens (primary N) is 1. The van der Waals surface area contributed by atoms with Gasteiger partial charge in [0.25, 0.3) is 0 Å². The van der Waals surface area contributed by atoms with Gasteiger partial charge in [-0.25, -0.2) is 0 Å². The first-order chi connectivity index (χ1) is 11.1. The molecule has 0 fully saturated rings. The number of hydrogen-bond donors (Lipinski definition) is 1. The van der Waals surface area contributed by atoms with Gasteiger partial charge in [0.1, 0.15) is 12.4 Å². The molecule has 122 valence electrons. The van der Waals surface area contributed by atoms with E-state index in [1.165, 1.54) is 5.56 Å². The highest BCUT2D eigenvalue weighted by Crippen LogP contribution is 2.14. The molecule has 0 spiro atoms. The second kappa shape index (κ2) is 8.34. The average Bonchev–Trinajstić information content (AvgIpc) is 2.57. The van der Waals surface area contributed by atoms with E-state index < -0.39 is 0 Å². The number of ether oxygens (including phenoxy) is 1. The summed E-state index contributed by atoms with van der Waals surface area (Å²) in [6.45, 7) is 3.03. The molecule has 4 heteroatoms. The average molecular weight is 312 g/mol. The summed E-state index contributed by atoms with van der Waals surface area (Å²) in [5.41, 5.74) is 8.26. The van der Waals surface area contributed by atoms with Gasteiger partial charge < -0.3 is 15.4 Å². The number of aryl methyl sites for hydroxylation is 1. The smallest absolute Gasteiger partial charge is 0.224 e. The summed E-state index contributed by atoms with van der Waals surface area (Å²) in [7, 11) is 1.78. The Balaban J connectivity index is 1.75. The Bertz CT molecular complexity index is 611. The summed E-state index contributed by atoms with van der Waals surface area (Å²) in [5, 5.41) is 0. The summed E-state index contributed by atoms with van der Waals surface area (Å²) in [4.78, 5) is 13.9. The van der Waals surface area contributed by atoms with Crippen LogP contribution in [0.1, 0.15) is 23.6 Å². The predicted octanol–water partition coefficient (Wildman–Crippen LogP) is 2.92. The highest BCUT2D eigenvalue weighted by molar-refractivity contribution is 5.76. The second-order valence-corrected chi connectivity index (χ2v) is 5.70. The molecule has 2 rings (SSSR count). The Morgan fingerprint density at radius 3 is 2.43 bits per heavy atom. The Morgan fingerprint density at radius 1 is 1.13 bits per heavy atom. The fourth-order valence-corrected chi connectivity index (χ4v) is 2.22. The van der Waals surface area contributed by atoms with Crippen molar-refractivity contribution >= 4 is 5.91 Å². The van der Waals surface area contributed by atoms with Crippen LogP contribution in [0.25, 0.3) is 0 Å². The first kappa shape index (κ1) is 17.0. The summed E-state index contributed by atoms with van der Waals surface area (Å²) < 4.78 is 5.65.